The Bertz CT molecular complexity index is 760. The lowest BCUT2D eigenvalue weighted by molar-refractivity contribution is 0.0451. The first-order chi connectivity index (χ1) is 12.7. The number of anilines is 1. The molecule has 0 saturated carbocycles. The van der Waals surface area contributed by atoms with Gasteiger partial charge in [-0.1, -0.05) is 31.2 Å². The molecule has 3 rings (SSSR count). The number of amides is 1. The molecule has 138 valence electrons. The second-order valence-electron chi connectivity index (χ2n) is 6.42. The van der Waals surface area contributed by atoms with Gasteiger partial charge in [0.1, 0.15) is 11.4 Å². The number of rotatable bonds is 7. The molecule has 1 atom stereocenters. The van der Waals surface area contributed by atoms with Gasteiger partial charge in [-0.15, -0.1) is 0 Å². The van der Waals surface area contributed by atoms with Crippen molar-refractivity contribution in [2.75, 3.05) is 32.7 Å². The average Bonchev–Trinajstić information content (AvgIpc) is 2.69. The van der Waals surface area contributed by atoms with Crippen molar-refractivity contribution in [1.29, 1.82) is 0 Å². The fourth-order valence-corrected chi connectivity index (χ4v) is 3.63. The van der Waals surface area contributed by atoms with Crippen LogP contribution >= 0.6 is 0 Å². The molecule has 0 saturated heterocycles. The van der Waals surface area contributed by atoms with Gasteiger partial charge in [0, 0.05) is 25.9 Å². The summed E-state index contributed by atoms with van der Waals surface area (Å²) in [5, 5.41) is 3.64. The van der Waals surface area contributed by atoms with E-state index in [2.05, 4.69) is 12.2 Å². The summed E-state index contributed by atoms with van der Waals surface area (Å²) < 4.78 is 10.5. The highest BCUT2D eigenvalue weighted by molar-refractivity contribution is 6.02. The smallest absolute Gasteiger partial charge is 0.258 e. The Morgan fingerprint density at radius 3 is 2.46 bits per heavy atom. The Balaban J connectivity index is 2.07. The molecule has 0 aromatic heterocycles. The van der Waals surface area contributed by atoms with E-state index in [0.29, 0.717) is 18.7 Å². The van der Waals surface area contributed by atoms with Crippen molar-refractivity contribution in [2.24, 2.45) is 0 Å². The van der Waals surface area contributed by atoms with Gasteiger partial charge >= 0.3 is 0 Å². The summed E-state index contributed by atoms with van der Waals surface area (Å²) in [7, 11) is 3.34. The van der Waals surface area contributed by atoms with Crippen LogP contribution in [0.15, 0.2) is 48.5 Å². The molecule has 1 amide bonds. The SMILES string of the molecule is CCC1(c2ccc(OC)cc2)Nc2ccccc2C(=O)N1CCCOC. The number of fused-ring (bicyclic) bond motifs is 1. The molecule has 26 heavy (non-hydrogen) atoms. The Kier molecular flexibility index (Phi) is 5.47. The minimum atomic E-state index is -0.592. The van der Waals surface area contributed by atoms with E-state index in [1.807, 2.05) is 53.4 Å². The van der Waals surface area contributed by atoms with Crippen molar-refractivity contribution in [3.8, 4) is 5.75 Å². The highest BCUT2D eigenvalue weighted by atomic mass is 16.5. The summed E-state index contributed by atoms with van der Waals surface area (Å²) >= 11 is 0. The van der Waals surface area contributed by atoms with Crippen molar-refractivity contribution in [1.82, 2.24) is 4.90 Å². The molecular formula is C21H26N2O3. The van der Waals surface area contributed by atoms with Crippen molar-refractivity contribution in [2.45, 2.75) is 25.4 Å². The number of benzene rings is 2. The second-order valence-corrected chi connectivity index (χ2v) is 6.42. The molecule has 0 spiro atoms. The van der Waals surface area contributed by atoms with Gasteiger partial charge in [0.25, 0.3) is 5.91 Å². The Morgan fingerprint density at radius 1 is 1.08 bits per heavy atom. The summed E-state index contributed by atoms with van der Waals surface area (Å²) in [6.07, 6.45) is 1.52. The normalized spacial score (nSPS) is 19.0. The third-order valence-electron chi connectivity index (χ3n) is 5.01. The maximum Gasteiger partial charge on any atom is 0.258 e. The summed E-state index contributed by atoms with van der Waals surface area (Å²) in [5.74, 6) is 0.849. The van der Waals surface area contributed by atoms with Crippen LogP contribution in [0, 0.1) is 0 Å². The van der Waals surface area contributed by atoms with E-state index in [1.54, 1.807) is 14.2 Å². The van der Waals surface area contributed by atoms with Crippen LogP contribution in [0.4, 0.5) is 5.69 Å². The molecule has 5 nitrogen and oxygen atoms in total. The van der Waals surface area contributed by atoms with E-state index in [0.717, 1.165) is 29.8 Å². The van der Waals surface area contributed by atoms with Crippen LogP contribution in [-0.4, -0.2) is 38.2 Å². The Labute approximate surface area is 154 Å². The van der Waals surface area contributed by atoms with Crippen LogP contribution in [0.5, 0.6) is 5.75 Å². The Hall–Kier alpha value is -2.53. The number of ether oxygens (including phenoxy) is 2. The number of hydrogen-bond donors (Lipinski definition) is 1. The van der Waals surface area contributed by atoms with E-state index in [4.69, 9.17) is 9.47 Å². The van der Waals surface area contributed by atoms with Gasteiger partial charge in [-0.3, -0.25) is 4.79 Å². The first-order valence-corrected chi connectivity index (χ1v) is 8.99. The maximum absolute atomic E-state index is 13.3. The van der Waals surface area contributed by atoms with Crippen LogP contribution in [0.3, 0.4) is 0 Å². The third kappa shape index (κ3) is 3.15. The molecule has 1 N–H and O–H groups in total. The summed E-state index contributed by atoms with van der Waals surface area (Å²) in [5.41, 5.74) is 2.03. The van der Waals surface area contributed by atoms with Crippen LogP contribution in [0.1, 0.15) is 35.7 Å². The van der Waals surface area contributed by atoms with Gasteiger partial charge in [-0.05, 0) is 42.7 Å². The van der Waals surface area contributed by atoms with Gasteiger partial charge in [0.2, 0.25) is 0 Å². The molecule has 0 aliphatic carbocycles. The van der Waals surface area contributed by atoms with Crippen molar-refractivity contribution >= 4 is 11.6 Å². The number of nitrogens with zero attached hydrogens (tertiary/aromatic N) is 1. The minimum absolute atomic E-state index is 0.0492. The van der Waals surface area contributed by atoms with E-state index >= 15 is 0 Å². The minimum Gasteiger partial charge on any atom is -0.497 e. The Morgan fingerprint density at radius 2 is 1.81 bits per heavy atom. The fourth-order valence-electron chi connectivity index (χ4n) is 3.63. The van der Waals surface area contributed by atoms with Crippen LogP contribution in [0.25, 0.3) is 0 Å². The zero-order chi connectivity index (χ0) is 18.6. The topological polar surface area (TPSA) is 50.8 Å². The van der Waals surface area contributed by atoms with Crippen molar-refractivity contribution in [3.63, 3.8) is 0 Å². The predicted octanol–water partition coefficient (Wildman–Crippen LogP) is 3.86. The van der Waals surface area contributed by atoms with E-state index < -0.39 is 5.66 Å². The van der Waals surface area contributed by atoms with Gasteiger partial charge < -0.3 is 19.7 Å². The van der Waals surface area contributed by atoms with Crippen LogP contribution in [0.2, 0.25) is 0 Å². The molecule has 1 unspecified atom stereocenters. The average molecular weight is 354 g/mol. The molecule has 0 bridgehead atoms. The summed E-state index contributed by atoms with van der Waals surface area (Å²) in [6.45, 7) is 3.34. The largest absolute Gasteiger partial charge is 0.497 e. The molecule has 2 aromatic rings. The highest BCUT2D eigenvalue weighted by Gasteiger charge is 2.44. The quantitative estimate of drug-likeness (QED) is 0.767. The van der Waals surface area contributed by atoms with E-state index in [9.17, 15) is 4.79 Å². The molecule has 1 aliphatic heterocycles. The van der Waals surface area contributed by atoms with Crippen LogP contribution < -0.4 is 10.1 Å². The van der Waals surface area contributed by atoms with Crippen LogP contribution in [-0.2, 0) is 10.4 Å². The van der Waals surface area contributed by atoms with Crippen molar-refractivity contribution < 1.29 is 14.3 Å². The molecule has 0 radical (unpaired) electrons. The maximum atomic E-state index is 13.3. The molecule has 1 aliphatic rings. The summed E-state index contributed by atoms with van der Waals surface area (Å²) in [6, 6.07) is 15.6. The number of hydrogen-bond acceptors (Lipinski definition) is 4. The lowest BCUT2D eigenvalue weighted by Crippen LogP contribution is -2.57. The van der Waals surface area contributed by atoms with E-state index in [-0.39, 0.29) is 5.91 Å². The lowest BCUT2D eigenvalue weighted by Gasteiger charge is -2.48. The molecule has 2 aromatic carbocycles. The predicted molar refractivity (Wildman–Crippen MR) is 103 cm³/mol. The molecule has 1 heterocycles. The van der Waals surface area contributed by atoms with Crippen molar-refractivity contribution in [3.05, 3.63) is 59.7 Å². The van der Waals surface area contributed by atoms with Gasteiger partial charge in [0.05, 0.1) is 12.7 Å². The number of methoxy groups -OCH3 is 2. The monoisotopic (exact) mass is 354 g/mol. The third-order valence-corrected chi connectivity index (χ3v) is 5.01. The highest BCUT2D eigenvalue weighted by Crippen LogP contribution is 2.40. The van der Waals surface area contributed by atoms with Gasteiger partial charge in [0.15, 0.2) is 0 Å². The van der Waals surface area contributed by atoms with Gasteiger partial charge in [-0.2, -0.15) is 0 Å². The standard InChI is InChI=1S/C21H26N2O3/c1-4-21(16-10-12-17(26-3)13-11-16)22-19-9-6-5-8-18(19)20(24)23(21)14-7-15-25-2/h5-6,8-13,22H,4,7,14-15H2,1-3H3. The number of para-hydroxylation sites is 1. The van der Waals surface area contributed by atoms with E-state index in [1.165, 1.54) is 0 Å². The summed E-state index contributed by atoms with van der Waals surface area (Å²) in [4.78, 5) is 15.2. The number of carbonyl (C=O) groups excluding carboxylic acids is 1. The number of carbonyl (C=O) groups is 1. The molecule has 0 fully saturated rings. The zero-order valence-electron chi connectivity index (χ0n) is 15.6. The second kappa shape index (κ2) is 7.79. The number of nitrogens with one attached hydrogen (secondary N) is 1. The fraction of sp³-hybridized carbons (Fsp3) is 0.381. The first kappa shape index (κ1) is 18.3. The zero-order valence-corrected chi connectivity index (χ0v) is 15.6. The molecular weight excluding hydrogens is 328 g/mol. The first-order valence-electron chi connectivity index (χ1n) is 8.99. The van der Waals surface area contributed by atoms with Gasteiger partial charge in [-0.25, -0.2) is 0 Å². The lowest BCUT2D eigenvalue weighted by atomic mass is 9.89. The molecule has 5 heteroatoms.